The molecule has 0 aliphatic heterocycles. The minimum atomic E-state index is -2.18. The summed E-state index contributed by atoms with van der Waals surface area (Å²) in [5.74, 6) is 2.85. The molecule has 0 aliphatic rings. The molecule has 0 N–H and O–H groups in total. The number of hydrogen-bond acceptors (Lipinski definition) is 12. The van der Waals surface area contributed by atoms with Gasteiger partial charge in [0, 0.05) is 136 Å². The molecule has 9 heterocycles. The standard InChI is InChI=1S/C17H13N2.C16H13N4.C16H12N3.3C11H8N.3Ir/c1-13-7-8-15(11-18-13)16-9-10-17(19-12-16)14-5-3-2-4-6-14;1-11-18-12(2)20-16(19-11)14-8-9-15(17-10-14)13-6-4-3-5-7-13;1-12-17-10-9-16(19-12)14-7-8-15(18-11-14)13-5-3-2-4-6-13;3*1-2-6-10(7-3-1)11-8-4-5-9-12-11;;;/h2-5,7-12H,1H3;3-6,8-10H,1-2H3;2-5,7-11H,1H3;3*1-6,8-9H;;;/q6*-1;;;/i1D3;;;;;;;;. The van der Waals surface area contributed by atoms with Crippen molar-refractivity contribution in [2.75, 3.05) is 0 Å². The van der Waals surface area contributed by atoms with Crippen molar-refractivity contribution in [1.82, 2.24) is 59.8 Å². The maximum atomic E-state index is 7.33. The molecule has 97 heavy (non-hydrogen) atoms. The van der Waals surface area contributed by atoms with Crippen LogP contribution >= 0.6 is 0 Å². The topological polar surface area (TPSA) is 155 Å². The Bertz CT molecular complexity index is 4440. The van der Waals surface area contributed by atoms with Crippen LogP contribution in [0.15, 0.2) is 304 Å². The first-order valence-corrected chi connectivity index (χ1v) is 29.9. The van der Waals surface area contributed by atoms with Gasteiger partial charge < -0.3 is 29.9 Å². The molecule has 6 aromatic carbocycles. The molecule has 0 unspecified atom stereocenters. The molecule has 0 saturated carbocycles. The monoisotopic (exact) mass is 1800 g/mol. The Morgan fingerprint density at radius 2 is 0.577 bits per heavy atom. The molecular weight excluding hydrogens is 1730 g/mol. The number of aromatic nitrogens is 12. The first-order valence-electron chi connectivity index (χ1n) is 31.4. The van der Waals surface area contributed by atoms with E-state index in [1.54, 1.807) is 49.4 Å². The van der Waals surface area contributed by atoms with Gasteiger partial charge in [-0.25, -0.2) is 24.9 Å². The molecule has 0 bridgehead atoms. The van der Waals surface area contributed by atoms with Gasteiger partial charge in [0.2, 0.25) is 0 Å². The number of hydrogen-bond donors (Lipinski definition) is 0. The second-order valence-corrected chi connectivity index (χ2v) is 20.3. The maximum Gasteiger partial charge on any atom is 0.164 e. The molecular formula is C82H62Ir3N12-6. The van der Waals surface area contributed by atoms with Gasteiger partial charge in [0.15, 0.2) is 5.82 Å². The van der Waals surface area contributed by atoms with E-state index in [9.17, 15) is 0 Å². The Kier molecular flexibility index (Phi) is 28.5. The molecule has 9 aromatic heterocycles. The van der Waals surface area contributed by atoms with Crippen LogP contribution in [0.5, 0.6) is 0 Å². The Labute approximate surface area is 612 Å². The molecule has 0 fully saturated rings. The van der Waals surface area contributed by atoms with E-state index < -0.39 is 6.85 Å². The summed E-state index contributed by atoms with van der Waals surface area (Å²) in [6.45, 7) is 3.42. The first-order chi connectivity index (χ1) is 47.5. The van der Waals surface area contributed by atoms with Gasteiger partial charge in [-0.2, -0.15) is 0 Å². The molecule has 0 saturated heterocycles. The van der Waals surface area contributed by atoms with E-state index in [0.717, 1.165) is 101 Å². The van der Waals surface area contributed by atoms with E-state index in [2.05, 4.69) is 96.2 Å². The number of nitrogens with zero attached hydrogens (tertiary/aromatic N) is 12. The Balaban J connectivity index is 0.000000170. The third-order valence-corrected chi connectivity index (χ3v) is 13.5. The second kappa shape index (κ2) is 40.0. The zero-order valence-electron chi connectivity index (χ0n) is 55.7. The van der Waals surface area contributed by atoms with Gasteiger partial charge in [0.1, 0.15) is 17.5 Å². The third-order valence-electron chi connectivity index (χ3n) is 13.5. The summed E-state index contributed by atoms with van der Waals surface area (Å²) in [6, 6.07) is 100. The number of benzene rings is 6. The molecule has 15 rings (SSSR count). The fourth-order valence-electron chi connectivity index (χ4n) is 8.92. The quantitative estimate of drug-likeness (QED) is 0.126. The van der Waals surface area contributed by atoms with Crippen molar-refractivity contribution >= 4 is 0 Å². The van der Waals surface area contributed by atoms with Crippen molar-refractivity contribution in [3.8, 4) is 101 Å². The van der Waals surface area contributed by atoms with Crippen molar-refractivity contribution in [2.45, 2.75) is 27.6 Å². The molecule has 15 aromatic rings. The van der Waals surface area contributed by atoms with E-state index in [0.29, 0.717) is 17.5 Å². The van der Waals surface area contributed by atoms with Crippen LogP contribution in [-0.2, 0) is 60.3 Å². The average Bonchev–Trinajstić information content (AvgIpc) is 0.876. The van der Waals surface area contributed by atoms with Gasteiger partial charge in [-0.1, -0.05) is 78.9 Å². The summed E-state index contributed by atoms with van der Waals surface area (Å²) in [5.41, 5.74) is 16.2. The van der Waals surface area contributed by atoms with Crippen LogP contribution in [0.2, 0.25) is 0 Å². The van der Waals surface area contributed by atoms with E-state index in [4.69, 9.17) is 4.11 Å². The summed E-state index contributed by atoms with van der Waals surface area (Å²) in [7, 11) is 0. The van der Waals surface area contributed by atoms with Crippen LogP contribution in [0.3, 0.4) is 0 Å². The van der Waals surface area contributed by atoms with Gasteiger partial charge in [0.25, 0.3) is 0 Å². The van der Waals surface area contributed by atoms with Crippen LogP contribution in [-0.4, -0.2) is 59.8 Å². The van der Waals surface area contributed by atoms with Gasteiger partial charge in [-0.05, 0) is 97.7 Å². The largest absolute Gasteiger partial charge is 0.305 e. The predicted molar refractivity (Wildman–Crippen MR) is 373 cm³/mol. The summed E-state index contributed by atoms with van der Waals surface area (Å²) in [5, 5.41) is 0. The van der Waals surface area contributed by atoms with Crippen LogP contribution in [0, 0.1) is 64.0 Å². The summed E-state index contributed by atoms with van der Waals surface area (Å²) in [6.07, 6.45) is 14.1. The van der Waals surface area contributed by atoms with Crippen molar-refractivity contribution in [1.29, 1.82) is 0 Å². The van der Waals surface area contributed by atoms with Crippen LogP contribution in [0.4, 0.5) is 0 Å². The molecule has 3 radical (unpaired) electrons. The average molecular weight is 1800 g/mol. The summed E-state index contributed by atoms with van der Waals surface area (Å²) in [4.78, 5) is 51.3. The van der Waals surface area contributed by atoms with Crippen molar-refractivity contribution < 1.29 is 64.4 Å². The first kappa shape index (κ1) is 69.2. The molecule has 15 heteroatoms. The zero-order chi connectivity index (χ0) is 67.3. The molecule has 483 valence electrons. The minimum absolute atomic E-state index is 0. The van der Waals surface area contributed by atoms with Crippen LogP contribution < -0.4 is 0 Å². The third kappa shape index (κ3) is 23.4. The maximum absolute atomic E-state index is 7.33. The SMILES string of the molecule is Cc1nc(C)nc(-c2ccc(-c3[c-]cccc3)nc2)n1.Cc1nccc(-c2ccc(-c3[c-]cccc3)nc2)n1.[2H]C([2H])([2H])c1ccc(-c2ccc(-c3[c-]cccc3)nc2)cn1.[Ir].[Ir].[Ir].[c-]1ccccc1-c1ccccn1.[c-]1ccccc1-c1ccccn1.[c-]1ccccc1-c1ccccn1. The van der Waals surface area contributed by atoms with E-state index in [-0.39, 0.29) is 66.0 Å². The van der Waals surface area contributed by atoms with Crippen molar-refractivity contribution in [3.63, 3.8) is 0 Å². The minimum Gasteiger partial charge on any atom is -0.305 e. The normalized spacial score (nSPS) is 10.4. The number of aryl methyl sites for hydroxylation is 4. The van der Waals surface area contributed by atoms with Crippen LogP contribution in [0.1, 0.15) is 27.3 Å². The van der Waals surface area contributed by atoms with E-state index in [1.807, 2.05) is 270 Å². The molecule has 12 nitrogen and oxygen atoms in total. The molecule has 0 aliphatic carbocycles. The fraction of sp³-hybridized carbons (Fsp3) is 0.0488. The molecule has 0 spiro atoms. The van der Waals surface area contributed by atoms with Crippen LogP contribution in [0.25, 0.3) is 101 Å². The number of pyridine rings is 7. The summed E-state index contributed by atoms with van der Waals surface area (Å²) >= 11 is 0. The predicted octanol–water partition coefficient (Wildman–Crippen LogP) is 17.9. The Morgan fingerprint density at radius 1 is 0.247 bits per heavy atom. The Hall–Kier alpha value is -10.6. The van der Waals surface area contributed by atoms with Gasteiger partial charge >= 0.3 is 0 Å². The fourth-order valence-corrected chi connectivity index (χ4v) is 8.92. The van der Waals surface area contributed by atoms with Gasteiger partial charge in [-0.3, -0.25) is 4.98 Å². The van der Waals surface area contributed by atoms with E-state index >= 15 is 0 Å². The summed E-state index contributed by atoms with van der Waals surface area (Å²) < 4.78 is 22.0. The Morgan fingerprint density at radius 3 is 0.866 bits per heavy atom. The van der Waals surface area contributed by atoms with Gasteiger partial charge in [-0.15, -0.1) is 215 Å². The smallest absolute Gasteiger partial charge is 0.164 e. The zero-order valence-corrected chi connectivity index (χ0v) is 59.9. The molecule has 0 atom stereocenters. The van der Waals surface area contributed by atoms with Gasteiger partial charge in [0.05, 0.1) is 5.69 Å². The van der Waals surface area contributed by atoms with Crippen molar-refractivity contribution in [3.05, 3.63) is 364 Å². The van der Waals surface area contributed by atoms with Crippen molar-refractivity contribution in [2.24, 2.45) is 0 Å². The van der Waals surface area contributed by atoms with E-state index in [1.165, 1.54) is 6.07 Å². The number of rotatable bonds is 9. The molecule has 0 amide bonds. The second-order valence-electron chi connectivity index (χ2n) is 20.3.